The van der Waals surface area contributed by atoms with Gasteiger partial charge in [-0.05, 0) is 53.0 Å². The third-order valence-electron chi connectivity index (χ3n) is 3.69. The molecule has 0 atom stereocenters. The molecule has 100 valence electrons. The van der Waals surface area contributed by atoms with E-state index in [1.54, 1.807) is 0 Å². The maximum atomic E-state index is 5.90. The molecule has 1 fully saturated rings. The SMILES string of the molecule is Clc1ccc(-c2nc(C3CCCCC3)c(Br)o2)cc1. The average molecular weight is 341 g/mol. The number of hydrogen-bond donors (Lipinski definition) is 0. The van der Waals surface area contributed by atoms with Crippen molar-refractivity contribution in [2.75, 3.05) is 0 Å². The summed E-state index contributed by atoms with van der Waals surface area (Å²) in [6.07, 6.45) is 6.35. The van der Waals surface area contributed by atoms with E-state index in [0.717, 1.165) is 20.9 Å². The molecule has 0 bridgehead atoms. The standard InChI is InChI=1S/C15H15BrClNO/c16-14-13(10-4-2-1-3-5-10)18-15(19-14)11-6-8-12(17)9-7-11/h6-10H,1-5H2. The Morgan fingerprint density at radius 3 is 2.47 bits per heavy atom. The van der Waals surface area contributed by atoms with Gasteiger partial charge in [-0.3, -0.25) is 0 Å². The molecular weight excluding hydrogens is 326 g/mol. The lowest BCUT2D eigenvalue weighted by Gasteiger charge is -2.19. The summed E-state index contributed by atoms with van der Waals surface area (Å²) in [5, 5.41) is 0.724. The van der Waals surface area contributed by atoms with Crippen molar-refractivity contribution < 1.29 is 4.42 Å². The summed E-state index contributed by atoms with van der Waals surface area (Å²) in [5.41, 5.74) is 2.04. The fourth-order valence-electron chi connectivity index (χ4n) is 2.66. The molecule has 0 aliphatic heterocycles. The van der Waals surface area contributed by atoms with Crippen LogP contribution in [-0.4, -0.2) is 4.98 Å². The quantitative estimate of drug-likeness (QED) is 0.690. The van der Waals surface area contributed by atoms with E-state index in [1.807, 2.05) is 24.3 Å². The van der Waals surface area contributed by atoms with Crippen LogP contribution in [0.5, 0.6) is 0 Å². The van der Waals surface area contributed by atoms with E-state index < -0.39 is 0 Å². The molecule has 1 saturated carbocycles. The van der Waals surface area contributed by atoms with Crippen molar-refractivity contribution in [1.29, 1.82) is 0 Å². The fraction of sp³-hybridized carbons (Fsp3) is 0.400. The third kappa shape index (κ3) is 2.87. The Balaban J connectivity index is 1.90. The summed E-state index contributed by atoms with van der Waals surface area (Å²) in [4.78, 5) is 4.68. The van der Waals surface area contributed by atoms with E-state index in [2.05, 4.69) is 20.9 Å². The molecule has 3 rings (SSSR count). The second-order valence-corrected chi connectivity index (χ2v) is 6.18. The van der Waals surface area contributed by atoms with Crippen LogP contribution in [0.25, 0.3) is 11.5 Å². The first-order valence-corrected chi connectivity index (χ1v) is 7.83. The van der Waals surface area contributed by atoms with Gasteiger partial charge in [0, 0.05) is 16.5 Å². The topological polar surface area (TPSA) is 26.0 Å². The molecule has 19 heavy (non-hydrogen) atoms. The first-order valence-electron chi connectivity index (χ1n) is 6.66. The zero-order valence-electron chi connectivity index (χ0n) is 10.5. The maximum Gasteiger partial charge on any atom is 0.227 e. The molecule has 1 aliphatic carbocycles. The number of aromatic nitrogens is 1. The van der Waals surface area contributed by atoms with Crippen molar-refractivity contribution in [2.45, 2.75) is 38.0 Å². The van der Waals surface area contributed by atoms with Crippen molar-refractivity contribution in [1.82, 2.24) is 4.98 Å². The highest BCUT2D eigenvalue weighted by atomic mass is 79.9. The van der Waals surface area contributed by atoms with Crippen molar-refractivity contribution >= 4 is 27.5 Å². The van der Waals surface area contributed by atoms with Crippen molar-refractivity contribution in [2.24, 2.45) is 0 Å². The number of nitrogens with zero attached hydrogens (tertiary/aromatic N) is 1. The van der Waals surface area contributed by atoms with E-state index in [9.17, 15) is 0 Å². The highest BCUT2D eigenvalue weighted by Gasteiger charge is 2.23. The summed E-state index contributed by atoms with van der Waals surface area (Å²) >= 11 is 9.41. The number of benzene rings is 1. The molecule has 4 heteroatoms. The Kier molecular flexibility index (Phi) is 3.94. The van der Waals surface area contributed by atoms with Crippen LogP contribution in [0, 0.1) is 0 Å². The minimum atomic E-state index is 0.535. The zero-order valence-corrected chi connectivity index (χ0v) is 12.9. The molecule has 0 spiro atoms. The van der Waals surface area contributed by atoms with Gasteiger partial charge >= 0.3 is 0 Å². The molecule has 1 aliphatic rings. The molecule has 0 saturated heterocycles. The van der Waals surface area contributed by atoms with Crippen molar-refractivity contribution in [3.05, 3.63) is 39.7 Å². The fourth-order valence-corrected chi connectivity index (χ4v) is 3.35. The van der Waals surface area contributed by atoms with E-state index in [4.69, 9.17) is 16.0 Å². The van der Waals surface area contributed by atoms with E-state index in [0.29, 0.717) is 11.8 Å². The van der Waals surface area contributed by atoms with Gasteiger partial charge in [-0.15, -0.1) is 0 Å². The zero-order chi connectivity index (χ0) is 13.2. The monoisotopic (exact) mass is 339 g/mol. The maximum absolute atomic E-state index is 5.90. The van der Waals surface area contributed by atoms with Gasteiger partial charge in [0.2, 0.25) is 5.89 Å². The molecule has 1 aromatic heterocycles. The first kappa shape index (κ1) is 13.2. The molecule has 1 aromatic carbocycles. The Hall–Kier alpha value is -0.800. The molecular formula is C15H15BrClNO. The van der Waals surface area contributed by atoms with Crippen LogP contribution >= 0.6 is 27.5 Å². The van der Waals surface area contributed by atoms with Gasteiger partial charge in [0.05, 0.1) is 5.69 Å². The minimum Gasteiger partial charge on any atom is -0.429 e. The van der Waals surface area contributed by atoms with Gasteiger partial charge in [-0.1, -0.05) is 30.9 Å². The van der Waals surface area contributed by atoms with Gasteiger partial charge < -0.3 is 4.42 Å². The highest BCUT2D eigenvalue weighted by molar-refractivity contribution is 9.10. The van der Waals surface area contributed by atoms with Crippen LogP contribution < -0.4 is 0 Å². The second-order valence-electron chi connectivity index (χ2n) is 5.02. The number of rotatable bonds is 2. The Morgan fingerprint density at radius 2 is 1.79 bits per heavy atom. The summed E-state index contributed by atoms with van der Waals surface area (Å²) in [5.74, 6) is 1.21. The van der Waals surface area contributed by atoms with Crippen molar-refractivity contribution in [3.8, 4) is 11.5 Å². The lowest BCUT2D eigenvalue weighted by Crippen LogP contribution is -2.05. The predicted molar refractivity (Wildman–Crippen MR) is 80.5 cm³/mol. The van der Waals surface area contributed by atoms with Gasteiger partial charge in [-0.25, -0.2) is 4.98 Å². The van der Waals surface area contributed by atoms with Crippen LogP contribution in [0.15, 0.2) is 33.4 Å². The third-order valence-corrected chi connectivity index (χ3v) is 4.51. The van der Waals surface area contributed by atoms with Crippen LogP contribution in [0.1, 0.15) is 43.7 Å². The van der Waals surface area contributed by atoms with E-state index in [-0.39, 0.29) is 0 Å². The minimum absolute atomic E-state index is 0.535. The normalized spacial score (nSPS) is 16.7. The van der Waals surface area contributed by atoms with Gasteiger partial charge in [0.25, 0.3) is 0 Å². The number of hydrogen-bond acceptors (Lipinski definition) is 2. The van der Waals surface area contributed by atoms with E-state index >= 15 is 0 Å². The largest absolute Gasteiger partial charge is 0.429 e. The van der Waals surface area contributed by atoms with Crippen LogP contribution in [0.2, 0.25) is 5.02 Å². The van der Waals surface area contributed by atoms with Gasteiger partial charge in [-0.2, -0.15) is 0 Å². The average Bonchev–Trinajstić information content (AvgIpc) is 2.83. The van der Waals surface area contributed by atoms with Crippen molar-refractivity contribution in [3.63, 3.8) is 0 Å². The first-order chi connectivity index (χ1) is 9.24. The molecule has 0 radical (unpaired) electrons. The number of oxazole rings is 1. The van der Waals surface area contributed by atoms with Crippen LogP contribution in [0.4, 0.5) is 0 Å². The lowest BCUT2D eigenvalue weighted by atomic mass is 9.87. The number of halogens is 2. The summed E-state index contributed by atoms with van der Waals surface area (Å²) in [6, 6.07) is 7.58. The van der Waals surface area contributed by atoms with Gasteiger partial charge in [0.1, 0.15) is 0 Å². The second kappa shape index (κ2) is 5.68. The molecule has 0 unspecified atom stereocenters. The lowest BCUT2D eigenvalue weighted by molar-refractivity contribution is 0.432. The van der Waals surface area contributed by atoms with Crippen LogP contribution in [0.3, 0.4) is 0 Å². The molecule has 2 nitrogen and oxygen atoms in total. The summed E-state index contributed by atoms with van der Waals surface area (Å²) < 4.78 is 6.54. The predicted octanol–water partition coefficient (Wildman–Crippen LogP) is 5.81. The molecule has 1 heterocycles. The van der Waals surface area contributed by atoms with E-state index in [1.165, 1.54) is 32.1 Å². The smallest absolute Gasteiger partial charge is 0.227 e. The van der Waals surface area contributed by atoms with Gasteiger partial charge in [0.15, 0.2) is 4.67 Å². The van der Waals surface area contributed by atoms with Crippen LogP contribution in [-0.2, 0) is 0 Å². The molecule has 0 amide bonds. The Bertz CT molecular complexity index is 558. The molecule has 0 N–H and O–H groups in total. The summed E-state index contributed by atoms with van der Waals surface area (Å²) in [7, 11) is 0. The Morgan fingerprint density at radius 1 is 1.11 bits per heavy atom. The molecule has 2 aromatic rings. The Labute approximate surface area is 126 Å². The summed E-state index contributed by atoms with van der Waals surface area (Å²) in [6.45, 7) is 0. The highest BCUT2D eigenvalue weighted by Crippen LogP contribution is 2.38.